The van der Waals surface area contributed by atoms with Gasteiger partial charge in [0.05, 0.1) is 18.9 Å². The summed E-state index contributed by atoms with van der Waals surface area (Å²) in [6.07, 6.45) is 1.96. The quantitative estimate of drug-likeness (QED) is 0.713. The van der Waals surface area contributed by atoms with Crippen LogP contribution in [0, 0.1) is 0 Å². The van der Waals surface area contributed by atoms with Crippen molar-refractivity contribution in [3.63, 3.8) is 0 Å². The Hall–Kier alpha value is -2.79. The molecule has 0 radical (unpaired) electrons. The van der Waals surface area contributed by atoms with Crippen LogP contribution in [0.1, 0.15) is 28.9 Å². The first-order chi connectivity index (χ1) is 12.2. The van der Waals surface area contributed by atoms with E-state index in [-0.39, 0.29) is 17.6 Å². The van der Waals surface area contributed by atoms with E-state index in [2.05, 4.69) is 4.98 Å². The van der Waals surface area contributed by atoms with Gasteiger partial charge in [0.1, 0.15) is 17.6 Å². The van der Waals surface area contributed by atoms with Gasteiger partial charge in [0.25, 0.3) is 0 Å². The van der Waals surface area contributed by atoms with Crippen LogP contribution in [0.2, 0.25) is 0 Å². The van der Waals surface area contributed by atoms with Gasteiger partial charge in [-0.3, -0.25) is 4.79 Å². The molecule has 0 saturated carbocycles. The minimum absolute atomic E-state index is 0.0895. The van der Waals surface area contributed by atoms with Crippen LogP contribution >= 0.6 is 0 Å². The van der Waals surface area contributed by atoms with E-state index in [0.717, 1.165) is 42.7 Å². The number of phenols is 1. The van der Waals surface area contributed by atoms with Gasteiger partial charge in [-0.05, 0) is 48.5 Å². The van der Waals surface area contributed by atoms with Crippen molar-refractivity contribution in [3.05, 3.63) is 59.8 Å². The second-order valence-corrected chi connectivity index (χ2v) is 6.24. The fourth-order valence-electron chi connectivity index (χ4n) is 3.07. The lowest BCUT2D eigenvalue weighted by molar-refractivity contribution is 0.0256. The Kier molecular flexibility index (Phi) is 4.15. The van der Waals surface area contributed by atoms with E-state index in [1.165, 1.54) is 0 Å². The Labute approximate surface area is 145 Å². The Bertz CT molecular complexity index is 892. The second-order valence-electron chi connectivity index (χ2n) is 6.24. The molecule has 1 fully saturated rings. The number of fused-ring (bicyclic) bond motifs is 1. The molecule has 1 aliphatic heterocycles. The molecule has 5 nitrogen and oxygen atoms in total. The van der Waals surface area contributed by atoms with Crippen LogP contribution in [0.25, 0.3) is 10.9 Å². The highest BCUT2D eigenvalue weighted by Crippen LogP contribution is 2.23. The molecule has 1 aliphatic rings. The van der Waals surface area contributed by atoms with Gasteiger partial charge in [0.15, 0.2) is 0 Å². The highest BCUT2D eigenvalue weighted by Gasteiger charge is 2.16. The highest BCUT2D eigenvalue weighted by atomic mass is 16.5. The third-order valence-corrected chi connectivity index (χ3v) is 4.44. The maximum absolute atomic E-state index is 12.7. The van der Waals surface area contributed by atoms with Crippen LogP contribution < -0.4 is 4.74 Å². The first-order valence-electron chi connectivity index (χ1n) is 8.40. The lowest BCUT2D eigenvalue weighted by Crippen LogP contribution is -2.25. The van der Waals surface area contributed by atoms with Crippen LogP contribution in [0.4, 0.5) is 0 Å². The van der Waals surface area contributed by atoms with Crippen LogP contribution in [0.5, 0.6) is 11.5 Å². The van der Waals surface area contributed by atoms with Crippen LogP contribution in [0.3, 0.4) is 0 Å². The minimum atomic E-state index is -0.0895. The number of phenolic OH excluding ortho intramolecular Hbond substituents is 1. The summed E-state index contributed by atoms with van der Waals surface area (Å²) >= 11 is 0. The number of carbonyl (C=O) groups is 1. The molecule has 0 bridgehead atoms. The summed E-state index contributed by atoms with van der Waals surface area (Å²) in [5.74, 6) is 0.860. The standard InChI is InChI=1S/C20H19NO4/c22-15-3-6-18-14(11-15)12-19(21-18)20(23)13-1-4-16(5-2-13)25-17-7-9-24-10-8-17/h1-6,11-12,17,21-22H,7-10H2. The third-order valence-electron chi connectivity index (χ3n) is 4.44. The van der Waals surface area contributed by atoms with Gasteiger partial charge >= 0.3 is 0 Å². The molecule has 128 valence electrons. The van der Waals surface area contributed by atoms with E-state index in [0.29, 0.717) is 11.3 Å². The van der Waals surface area contributed by atoms with Crippen LogP contribution in [0.15, 0.2) is 48.5 Å². The van der Waals surface area contributed by atoms with Gasteiger partial charge in [-0.15, -0.1) is 0 Å². The van der Waals surface area contributed by atoms with Crippen molar-refractivity contribution in [1.82, 2.24) is 4.98 Å². The average Bonchev–Trinajstić information content (AvgIpc) is 3.06. The number of aromatic hydroxyl groups is 1. The number of rotatable bonds is 4. The van der Waals surface area contributed by atoms with Crippen molar-refractivity contribution in [2.75, 3.05) is 13.2 Å². The van der Waals surface area contributed by atoms with Gasteiger partial charge < -0.3 is 19.6 Å². The molecule has 1 saturated heterocycles. The molecule has 25 heavy (non-hydrogen) atoms. The average molecular weight is 337 g/mol. The second kappa shape index (κ2) is 6.61. The molecular formula is C20H19NO4. The minimum Gasteiger partial charge on any atom is -0.508 e. The molecule has 3 aromatic rings. The summed E-state index contributed by atoms with van der Waals surface area (Å²) in [6.45, 7) is 1.47. The molecule has 0 amide bonds. The molecule has 0 atom stereocenters. The number of nitrogens with one attached hydrogen (secondary N) is 1. The van der Waals surface area contributed by atoms with E-state index in [4.69, 9.17) is 9.47 Å². The Morgan fingerprint density at radius 3 is 2.60 bits per heavy atom. The van der Waals surface area contributed by atoms with E-state index < -0.39 is 0 Å². The topological polar surface area (TPSA) is 71.6 Å². The molecule has 1 aromatic heterocycles. The van der Waals surface area contributed by atoms with Crippen molar-refractivity contribution in [1.29, 1.82) is 0 Å². The van der Waals surface area contributed by atoms with Gasteiger partial charge in [0.2, 0.25) is 5.78 Å². The van der Waals surface area contributed by atoms with E-state index in [1.807, 2.05) is 12.1 Å². The summed E-state index contributed by atoms with van der Waals surface area (Å²) < 4.78 is 11.3. The number of hydrogen-bond donors (Lipinski definition) is 2. The third kappa shape index (κ3) is 3.37. The van der Waals surface area contributed by atoms with Crippen molar-refractivity contribution in [3.8, 4) is 11.5 Å². The van der Waals surface area contributed by atoms with Gasteiger partial charge in [0, 0.05) is 29.3 Å². The highest BCUT2D eigenvalue weighted by molar-refractivity contribution is 6.10. The number of hydrogen-bond acceptors (Lipinski definition) is 4. The molecule has 2 heterocycles. The predicted molar refractivity (Wildman–Crippen MR) is 94.3 cm³/mol. The summed E-state index contributed by atoms with van der Waals surface area (Å²) in [7, 11) is 0. The zero-order valence-corrected chi connectivity index (χ0v) is 13.7. The SMILES string of the molecule is O=C(c1ccc(OC2CCOCC2)cc1)c1cc2cc(O)ccc2[nH]1. The molecule has 0 aliphatic carbocycles. The Morgan fingerprint density at radius 2 is 1.84 bits per heavy atom. The van der Waals surface area contributed by atoms with Crippen LogP contribution in [-0.2, 0) is 4.74 Å². The van der Waals surface area contributed by atoms with Crippen molar-refractivity contribution < 1.29 is 19.4 Å². The van der Waals surface area contributed by atoms with Gasteiger partial charge in [-0.2, -0.15) is 0 Å². The zero-order valence-electron chi connectivity index (χ0n) is 13.7. The maximum atomic E-state index is 12.7. The summed E-state index contributed by atoms with van der Waals surface area (Å²) in [4.78, 5) is 15.7. The lowest BCUT2D eigenvalue weighted by atomic mass is 10.1. The fraction of sp³-hybridized carbons (Fsp3) is 0.250. The normalized spacial score (nSPS) is 15.4. The molecule has 5 heteroatoms. The summed E-state index contributed by atoms with van der Waals surface area (Å²) in [5, 5.41) is 10.3. The van der Waals surface area contributed by atoms with Crippen molar-refractivity contribution in [2.24, 2.45) is 0 Å². The smallest absolute Gasteiger partial charge is 0.209 e. The molecule has 2 aromatic carbocycles. The van der Waals surface area contributed by atoms with Gasteiger partial charge in [-0.1, -0.05) is 0 Å². The molecular weight excluding hydrogens is 318 g/mol. The predicted octanol–water partition coefficient (Wildman–Crippen LogP) is 3.66. The van der Waals surface area contributed by atoms with Gasteiger partial charge in [-0.25, -0.2) is 0 Å². The van der Waals surface area contributed by atoms with Crippen LogP contribution in [-0.4, -0.2) is 35.2 Å². The first kappa shape index (κ1) is 15.7. The summed E-state index contributed by atoms with van der Waals surface area (Å²) in [5.41, 5.74) is 1.91. The Morgan fingerprint density at radius 1 is 1.08 bits per heavy atom. The first-order valence-corrected chi connectivity index (χ1v) is 8.40. The molecule has 0 spiro atoms. The summed E-state index contributed by atoms with van der Waals surface area (Å²) in [6, 6.07) is 14.0. The number of H-pyrrole nitrogens is 1. The fourth-order valence-corrected chi connectivity index (χ4v) is 3.07. The zero-order chi connectivity index (χ0) is 17.2. The number of ether oxygens (including phenoxy) is 2. The van der Waals surface area contributed by atoms with Crippen molar-refractivity contribution >= 4 is 16.7 Å². The monoisotopic (exact) mass is 337 g/mol. The molecule has 0 unspecified atom stereocenters. The lowest BCUT2D eigenvalue weighted by Gasteiger charge is -2.23. The maximum Gasteiger partial charge on any atom is 0.209 e. The van der Waals surface area contributed by atoms with E-state index in [9.17, 15) is 9.90 Å². The Balaban J connectivity index is 1.51. The number of carbonyl (C=O) groups excluding carboxylic acids is 1. The molecule has 4 rings (SSSR count). The number of benzene rings is 2. The largest absolute Gasteiger partial charge is 0.508 e. The number of aromatic nitrogens is 1. The number of ketones is 1. The van der Waals surface area contributed by atoms with E-state index >= 15 is 0 Å². The number of aromatic amines is 1. The van der Waals surface area contributed by atoms with Crippen molar-refractivity contribution in [2.45, 2.75) is 18.9 Å². The molecule has 2 N–H and O–H groups in total. The van der Waals surface area contributed by atoms with E-state index in [1.54, 1.807) is 36.4 Å².